The molecule has 0 aliphatic carbocycles. The molecular weight excluding hydrogens is 352 g/mol. The quantitative estimate of drug-likeness (QED) is 0.819. The minimum atomic E-state index is -1.19. The van der Waals surface area contributed by atoms with Gasteiger partial charge >= 0.3 is 0 Å². The molecule has 3 rings (SSSR count). The standard InChI is InChI=1S/C20H21ClN2O3/c21-17-8-6-16(7-9-17)19(25)20(26)23-12-10-22(11-13-23)14-18(24)15-4-2-1-3-5-15/h1-9,19,25H,10-14H2. The van der Waals surface area contributed by atoms with E-state index in [1.54, 1.807) is 29.2 Å². The van der Waals surface area contributed by atoms with Gasteiger partial charge in [0.25, 0.3) is 5.91 Å². The second-order valence-electron chi connectivity index (χ2n) is 6.34. The highest BCUT2D eigenvalue weighted by Crippen LogP contribution is 2.19. The number of amides is 1. The first-order valence-corrected chi connectivity index (χ1v) is 8.95. The molecule has 1 fully saturated rings. The summed E-state index contributed by atoms with van der Waals surface area (Å²) in [5.41, 5.74) is 1.23. The molecule has 1 atom stereocenters. The van der Waals surface area contributed by atoms with E-state index in [1.165, 1.54) is 0 Å². The van der Waals surface area contributed by atoms with Gasteiger partial charge in [0, 0.05) is 36.8 Å². The van der Waals surface area contributed by atoms with Gasteiger partial charge in [0.2, 0.25) is 0 Å². The van der Waals surface area contributed by atoms with Crippen molar-refractivity contribution in [3.8, 4) is 0 Å². The number of halogens is 1. The zero-order chi connectivity index (χ0) is 18.5. The van der Waals surface area contributed by atoms with Crippen molar-refractivity contribution in [2.45, 2.75) is 6.10 Å². The molecule has 0 aromatic heterocycles. The van der Waals surface area contributed by atoms with E-state index in [0.29, 0.717) is 48.9 Å². The Morgan fingerprint density at radius 3 is 2.19 bits per heavy atom. The summed E-state index contributed by atoms with van der Waals surface area (Å²) in [6, 6.07) is 15.8. The van der Waals surface area contributed by atoms with E-state index < -0.39 is 6.10 Å². The van der Waals surface area contributed by atoms with E-state index in [-0.39, 0.29) is 11.7 Å². The molecule has 1 saturated heterocycles. The summed E-state index contributed by atoms with van der Waals surface area (Å²) >= 11 is 5.84. The zero-order valence-electron chi connectivity index (χ0n) is 14.3. The van der Waals surface area contributed by atoms with Crippen LogP contribution < -0.4 is 0 Å². The van der Waals surface area contributed by atoms with Gasteiger partial charge in [0.05, 0.1) is 6.54 Å². The summed E-state index contributed by atoms with van der Waals surface area (Å²) in [5, 5.41) is 10.9. The Kier molecular flexibility index (Phi) is 6.04. The zero-order valence-corrected chi connectivity index (χ0v) is 15.1. The first-order valence-electron chi connectivity index (χ1n) is 8.57. The number of hydrogen-bond donors (Lipinski definition) is 1. The van der Waals surface area contributed by atoms with Gasteiger partial charge in [-0.05, 0) is 17.7 Å². The lowest BCUT2D eigenvalue weighted by molar-refractivity contribution is -0.142. The van der Waals surface area contributed by atoms with E-state index in [9.17, 15) is 14.7 Å². The van der Waals surface area contributed by atoms with Gasteiger partial charge in [-0.1, -0.05) is 54.1 Å². The van der Waals surface area contributed by atoms with Crippen LogP contribution in [0, 0.1) is 0 Å². The average Bonchev–Trinajstić information content (AvgIpc) is 2.69. The molecule has 26 heavy (non-hydrogen) atoms. The fourth-order valence-electron chi connectivity index (χ4n) is 3.01. The van der Waals surface area contributed by atoms with E-state index in [4.69, 9.17) is 11.6 Å². The van der Waals surface area contributed by atoms with Gasteiger partial charge < -0.3 is 10.0 Å². The van der Waals surface area contributed by atoms with Gasteiger partial charge in [0.15, 0.2) is 11.9 Å². The van der Waals surface area contributed by atoms with Crippen LogP contribution >= 0.6 is 11.6 Å². The van der Waals surface area contributed by atoms with E-state index >= 15 is 0 Å². The van der Waals surface area contributed by atoms with Crippen LogP contribution in [0.3, 0.4) is 0 Å². The van der Waals surface area contributed by atoms with Crippen LogP contribution in [0.2, 0.25) is 5.02 Å². The molecule has 0 spiro atoms. The molecule has 5 nitrogen and oxygen atoms in total. The third kappa shape index (κ3) is 4.49. The first kappa shape index (κ1) is 18.6. The molecule has 1 amide bonds. The topological polar surface area (TPSA) is 60.9 Å². The van der Waals surface area contributed by atoms with Crippen LogP contribution in [-0.2, 0) is 4.79 Å². The van der Waals surface area contributed by atoms with Crippen LogP contribution in [0.1, 0.15) is 22.0 Å². The molecule has 2 aromatic carbocycles. The Bertz CT molecular complexity index is 756. The minimum Gasteiger partial charge on any atom is -0.378 e. The van der Waals surface area contributed by atoms with E-state index in [1.807, 2.05) is 35.2 Å². The minimum absolute atomic E-state index is 0.0755. The fourth-order valence-corrected chi connectivity index (χ4v) is 3.13. The molecule has 2 aromatic rings. The fraction of sp³-hybridized carbons (Fsp3) is 0.300. The highest BCUT2D eigenvalue weighted by molar-refractivity contribution is 6.30. The second-order valence-corrected chi connectivity index (χ2v) is 6.78. The lowest BCUT2D eigenvalue weighted by atomic mass is 10.1. The molecular formula is C20H21ClN2O3. The molecule has 6 heteroatoms. The highest BCUT2D eigenvalue weighted by atomic mass is 35.5. The number of Topliss-reactive ketones (excluding diaryl/α,β-unsaturated/α-hetero) is 1. The summed E-state index contributed by atoms with van der Waals surface area (Å²) in [4.78, 5) is 28.4. The predicted molar refractivity (Wildman–Crippen MR) is 100 cm³/mol. The van der Waals surface area contributed by atoms with E-state index in [2.05, 4.69) is 0 Å². The van der Waals surface area contributed by atoms with Crippen molar-refractivity contribution in [1.82, 2.24) is 9.80 Å². The number of carbonyl (C=O) groups excluding carboxylic acids is 2. The van der Waals surface area contributed by atoms with Crippen molar-refractivity contribution in [3.63, 3.8) is 0 Å². The summed E-state index contributed by atoms with van der Waals surface area (Å²) in [6.45, 7) is 2.54. The smallest absolute Gasteiger partial charge is 0.256 e. The Labute approximate surface area is 157 Å². The number of ketones is 1. The van der Waals surface area contributed by atoms with Crippen LogP contribution in [0.15, 0.2) is 54.6 Å². The average molecular weight is 373 g/mol. The molecule has 1 N–H and O–H groups in total. The Hall–Kier alpha value is -2.21. The molecule has 0 radical (unpaired) electrons. The van der Waals surface area contributed by atoms with Crippen molar-refractivity contribution in [2.24, 2.45) is 0 Å². The molecule has 1 unspecified atom stereocenters. The SMILES string of the molecule is O=C(CN1CCN(C(=O)C(O)c2ccc(Cl)cc2)CC1)c1ccccc1. The third-order valence-corrected chi connectivity index (χ3v) is 4.82. The number of benzene rings is 2. The summed E-state index contributed by atoms with van der Waals surface area (Å²) < 4.78 is 0. The maximum atomic E-state index is 12.5. The molecule has 0 saturated carbocycles. The molecule has 1 aliphatic rings. The van der Waals surface area contributed by atoms with Crippen LogP contribution in [-0.4, -0.2) is 59.3 Å². The maximum Gasteiger partial charge on any atom is 0.256 e. The number of aliphatic hydroxyl groups excluding tert-OH is 1. The van der Waals surface area contributed by atoms with E-state index in [0.717, 1.165) is 0 Å². The van der Waals surface area contributed by atoms with Gasteiger partial charge in [-0.2, -0.15) is 0 Å². The van der Waals surface area contributed by atoms with Gasteiger partial charge in [-0.25, -0.2) is 0 Å². The number of piperazine rings is 1. The summed E-state index contributed by atoms with van der Waals surface area (Å²) in [5.74, 6) is -0.243. The molecule has 1 heterocycles. The Morgan fingerprint density at radius 2 is 1.58 bits per heavy atom. The van der Waals surface area contributed by atoms with Crippen LogP contribution in [0.4, 0.5) is 0 Å². The lowest BCUT2D eigenvalue weighted by Crippen LogP contribution is -2.51. The van der Waals surface area contributed by atoms with Crippen molar-refractivity contribution in [3.05, 3.63) is 70.7 Å². The number of aliphatic hydroxyl groups is 1. The number of carbonyl (C=O) groups is 2. The maximum absolute atomic E-state index is 12.5. The monoisotopic (exact) mass is 372 g/mol. The van der Waals surface area contributed by atoms with Crippen molar-refractivity contribution >= 4 is 23.3 Å². The number of nitrogens with zero attached hydrogens (tertiary/aromatic N) is 2. The summed E-state index contributed by atoms with van der Waals surface area (Å²) in [7, 11) is 0. The van der Waals surface area contributed by atoms with Crippen LogP contribution in [0.25, 0.3) is 0 Å². The van der Waals surface area contributed by atoms with Gasteiger partial charge in [-0.3, -0.25) is 14.5 Å². The van der Waals surface area contributed by atoms with Crippen molar-refractivity contribution in [2.75, 3.05) is 32.7 Å². The molecule has 0 bridgehead atoms. The number of hydrogen-bond acceptors (Lipinski definition) is 4. The second kappa shape index (κ2) is 8.45. The third-order valence-electron chi connectivity index (χ3n) is 4.57. The lowest BCUT2D eigenvalue weighted by Gasteiger charge is -2.35. The van der Waals surface area contributed by atoms with Gasteiger partial charge in [0.1, 0.15) is 0 Å². The molecule has 1 aliphatic heterocycles. The molecule has 136 valence electrons. The van der Waals surface area contributed by atoms with Crippen molar-refractivity contribution in [1.29, 1.82) is 0 Å². The Balaban J connectivity index is 1.52. The predicted octanol–water partition coefficient (Wildman–Crippen LogP) is 2.40. The summed E-state index contributed by atoms with van der Waals surface area (Å²) in [6.07, 6.45) is -1.19. The van der Waals surface area contributed by atoms with Crippen LogP contribution in [0.5, 0.6) is 0 Å². The highest BCUT2D eigenvalue weighted by Gasteiger charge is 2.27. The van der Waals surface area contributed by atoms with Crippen molar-refractivity contribution < 1.29 is 14.7 Å². The number of rotatable bonds is 5. The Morgan fingerprint density at radius 1 is 0.962 bits per heavy atom. The normalized spacial score (nSPS) is 16.3. The largest absolute Gasteiger partial charge is 0.378 e. The first-order chi connectivity index (χ1) is 12.5. The van der Waals surface area contributed by atoms with Gasteiger partial charge in [-0.15, -0.1) is 0 Å².